The molecular formula is C11H18N4. The number of hydrogen-bond donors (Lipinski definition) is 1. The van der Waals surface area contributed by atoms with E-state index >= 15 is 0 Å². The molecule has 4 heteroatoms. The van der Waals surface area contributed by atoms with E-state index in [-0.39, 0.29) is 5.57 Å². The predicted molar refractivity (Wildman–Crippen MR) is 59.7 cm³/mol. The van der Waals surface area contributed by atoms with Crippen molar-refractivity contribution in [1.82, 2.24) is 10.2 Å². The molecule has 0 atom stereocenters. The molecule has 0 aliphatic carbocycles. The lowest BCUT2D eigenvalue weighted by Gasteiger charge is -2.17. The molecule has 0 saturated heterocycles. The molecule has 0 spiro atoms. The van der Waals surface area contributed by atoms with Gasteiger partial charge in [-0.1, -0.05) is 13.8 Å². The maximum atomic E-state index is 8.46. The summed E-state index contributed by atoms with van der Waals surface area (Å²) in [5, 5.41) is 19.9. The first-order chi connectivity index (χ1) is 7.28. The van der Waals surface area contributed by atoms with Crippen LogP contribution in [0.3, 0.4) is 0 Å². The maximum absolute atomic E-state index is 8.46. The predicted octanol–water partition coefficient (Wildman–Crippen LogP) is 1.24. The van der Waals surface area contributed by atoms with Crippen LogP contribution in [-0.2, 0) is 0 Å². The topological polar surface area (TPSA) is 62.9 Å². The normalized spacial score (nSPS) is 9.13. The summed E-state index contributed by atoms with van der Waals surface area (Å²) >= 11 is 0. The second kappa shape index (κ2) is 9.05. The van der Waals surface area contributed by atoms with Gasteiger partial charge in [-0.3, -0.25) is 0 Å². The minimum atomic E-state index is 0.123. The second-order valence-corrected chi connectivity index (χ2v) is 3.12. The van der Waals surface area contributed by atoms with E-state index in [1.54, 1.807) is 12.1 Å². The highest BCUT2D eigenvalue weighted by molar-refractivity contribution is 5.34. The van der Waals surface area contributed by atoms with Crippen molar-refractivity contribution >= 4 is 0 Å². The summed E-state index contributed by atoms with van der Waals surface area (Å²) in [5.74, 6) is 0. The SMILES string of the molecule is CCN(CC)CCCNC=C(C#N)C#N. The van der Waals surface area contributed by atoms with E-state index in [1.807, 2.05) is 0 Å². The van der Waals surface area contributed by atoms with E-state index in [4.69, 9.17) is 10.5 Å². The Bertz CT molecular complexity index is 249. The summed E-state index contributed by atoms with van der Waals surface area (Å²) in [6.07, 6.45) is 2.49. The van der Waals surface area contributed by atoms with Gasteiger partial charge in [-0.2, -0.15) is 10.5 Å². The molecule has 0 rings (SSSR count). The summed E-state index contributed by atoms with van der Waals surface area (Å²) in [6, 6.07) is 3.60. The molecule has 0 amide bonds. The summed E-state index contributed by atoms with van der Waals surface area (Å²) < 4.78 is 0. The molecule has 15 heavy (non-hydrogen) atoms. The van der Waals surface area contributed by atoms with E-state index in [1.165, 1.54) is 6.20 Å². The van der Waals surface area contributed by atoms with Crippen LogP contribution in [-0.4, -0.2) is 31.1 Å². The minimum absolute atomic E-state index is 0.123. The van der Waals surface area contributed by atoms with Crippen LogP contribution in [0.5, 0.6) is 0 Å². The fraction of sp³-hybridized carbons (Fsp3) is 0.636. The van der Waals surface area contributed by atoms with E-state index < -0.39 is 0 Å². The Hall–Kier alpha value is -1.52. The van der Waals surface area contributed by atoms with Crippen LogP contribution in [0.2, 0.25) is 0 Å². The lowest BCUT2D eigenvalue weighted by atomic mass is 10.3. The number of rotatable bonds is 7. The lowest BCUT2D eigenvalue weighted by Crippen LogP contribution is -2.26. The van der Waals surface area contributed by atoms with Gasteiger partial charge >= 0.3 is 0 Å². The molecule has 0 unspecified atom stereocenters. The third kappa shape index (κ3) is 6.54. The third-order valence-electron chi connectivity index (χ3n) is 2.18. The lowest BCUT2D eigenvalue weighted by molar-refractivity contribution is 0.300. The Balaban J connectivity index is 3.60. The molecule has 0 aromatic rings. The average Bonchev–Trinajstić information content (AvgIpc) is 2.29. The third-order valence-corrected chi connectivity index (χ3v) is 2.18. The first kappa shape index (κ1) is 13.5. The Morgan fingerprint density at radius 3 is 2.33 bits per heavy atom. The molecule has 0 aliphatic heterocycles. The number of nitrogens with one attached hydrogen (secondary N) is 1. The van der Waals surface area contributed by atoms with Crippen molar-refractivity contribution in [2.24, 2.45) is 0 Å². The first-order valence-electron chi connectivity index (χ1n) is 5.24. The summed E-state index contributed by atoms with van der Waals surface area (Å²) in [5.41, 5.74) is 0.123. The molecule has 0 radical (unpaired) electrons. The van der Waals surface area contributed by atoms with E-state index in [2.05, 4.69) is 24.1 Å². The summed E-state index contributed by atoms with van der Waals surface area (Å²) in [7, 11) is 0. The molecule has 82 valence electrons. The molecule has 0 heterocycles. The Labute approximate surface area is 91.8 Å². The monoisotopic (exact) mass is 206 g/mol. The van der Waals surface area contributed by atoms with Gasteiger partial charge < -0.3 is 10.2 Å². The van der Waals surface area contributed by atoms with Gasteiger partial charge in [-0.15, -0.1) is 0 Å². The van der Waals surface area contributed by atoms with Gasteiger partial charge in [0.1, 0.15) is 17.7 Å². The Kier molecular flexibility index (Phi) is 8.13. The largest absolute Gasteiger partial charge is 0.389 e. The van der Waals surface area contributed by atoms with Gasteiger partial charge in [0, 0.05) is 12.7 Å². The molecule has 4 nitrogen and oxygen atoms in total. The van der Waals surface area contributed by atoms with Crippen LogP contribution in [0.15, 0.2) is 11.8 Å². The fourth-order valence-corrected chi connectivity index (χ4v) is 1.21. The molecule has 0 aromatic heterocycles. The smallest absolute Gasteiger partial charge is 0.145 e. The highest BCUT2D eigenvalue weighted by atomic mass is 15.1. The molecular weight excluding hydrogens is 188 g/mol. The summed E-state index contributed by atoms with van der Waals surface area (Å²) in [4.78, 5) is 2.33. The van der Waals surface area contributed by atoms with Gasteiger partial charge in [-0.05, 0) is 26.1 Å². The van der Waals surface area contributed by atoms with Crippen LogP contribution in [0, 0.1) is 22.7 Å². The van der Waals surface area contributed by atoms with Gasteiger partial charge in [-0.25, -0.2) is 0 Å². The standard InChI is InChI=1S/C11H18N4/c1-3-15(4-2)7-5-6-14-10-11(8-12)9-13/h10,14H,3-7H2,1-2H3. The molecule has 0 aromatic carbocycles. The van der Waals surface area contributed by atoms with Crippen LogP contribution in [0.4, 0.5) is 0 Å². The molecule has 0 aliphatic rings. The molecule has 0 saturated carbocycles. The zero-order valence-corrected chi connectivity index (χ0v) is 9.45. The van der Waals surface area contributed by atoms with Crippen molar-refractivity contribution in [2.75, 3.05) is 26.2 Å². The quantitative estimate of drug-likeness (QED) is 0.503. The minimum Gasteiger partial charge on any atom is -0.389 e. The van der Waals surface area contributed by atoms with Gasteiger partial charge in [0.05, 0.1) is 0 Å². The Morgan fingerprint density at radius 1 is 1.27 bits per heavy atom. The second-order valence-electron chi connectivity index (χ2n) is 3.12. The van der Waals surface area contributed by atoms with Crippen LogP contribution in [0.25, 0.3) is 0 Å². The van der Waals surface area contributed by atoms with Crippen molar-refractivity contribution in [3.63, 3.8) is 0 Å². The fourth-order valence-electron chi connectivity index (χ4n) is 1.21. The highest BCUT2D eigenvalue weighted by Gasteiger charge is 1.97. The Morgan fingerprint density at radius 2 is 1.87 bits per heavy atom. The number of nitriles is 2. The highest BCUT2D eigenvalue weighted by Crippen LogP contribution is 1.90. The van der Waals surface area contributed by atoms with Crippen molar-refractivity contribution in [3.8, 4) is 12.1 Å². The maximum Gasteiger partial charge on any atom is 0.145 e. The van der Waals surface area contributed by atoms with Crippen molar-refractivity contribution < 1.29 is 0 Å². The van der Waals surface area contributed by atoms with Crippen LogP contribution in [0.1, 0.15) is 20.3 Å². The number of hydrogen-bond acceptors (Lipinski definition) is 4. The van der Waals surface area contributed by atoms with E-state index in [9.17, 15) is 0 Å². The van der Waals surface area contributed by atoms with Gasteiger partial charge in [0.15, 0.2) is 0 Å². The van der Waals surface area contributed by atoms with E-state index in [0.717, 1.165) is 32.6 Å². The van der Waals surface area contributed by atoms with Crippen LogP contribution >= 0.6 is 0 Å². The first-order valence-corrected chi connectivity index (χ1v) is 5.24. The molecule has 0 bridgehead atoms. The van der Waals surface area contributed by atoms with Crippen molar-refractivity contribution in [2.45, 2.75) is 20.3 Å². The van der Waals surface area contributed by atoms with Gasteiger partial charge in [0.25, 0.3) is 0 Å². The van der Waals surface area contributed by atoms with E-state index in [0.29, 0.717) is 0 Å². The van der Waals surface area contributed by atoms with Crippen molar-refractivity contribution in [3.05, 3.63) is 11.8 Å². The van der Waals surface area contributed by atoms with Crippen molar-refractivity contribution in [1.29, 1.82) is 10.5 Å². The average molecular weight is 206 g/mol. The van der Waals surface area contributed by atoms with Crippen LogP contribution < -0.4 is 5.32 Å². The van der Waals surface area contributed by atoms with Gasteiger partial charge in [0.2, 0.25) is 0 Å². The molecule has 1 N–H and O–H groups in total. The zero-order valence-electron chi connectivity index (χ0n) is 9.45. The number of nitrogens with zero attached hydrogens (tertiary/aromatic N) is 3. The number of allylic oxidation sites excluding steroid dienone is 1. The molecule has 0 fully saturated rings. The zero-order chi connectivity index (χ0) is 11.5. The summed E-state index contributed by atoms with van der Waals surface area (Å²) in [6.45, 7) is 8.24.